The van der Waals surface area contributed by atoms with Crippen molar-refractivity contribution in [1.82, 2.24) is 19.7 Å². The summed E-state index contributed by atoms with van der Waals surface area (Å²) in [5.74, 6) is 6.91. The number of nitrogens with one attached hydrogen (secondary N) is 1. The Morgan fingerprint density at radius 3 is 2.65 bits per heavy atom. The summed E-state index contributed by atoms with van der Waals surface area (Å²) in [6.45, 7) is 4.15. The Morgan fingerprint density at radius 2 is 2.12 bits per heavy atom. The highest BCUT2D eigenvalue weighted by molar-refractivity contribution is 5.52. The van der Waals surface area contributed by atoms with Gasteiger partial charge >= 0.3 is 0 Å². The predicted molar refractivity (Wildman–Crippen MR) is 66.1 cm³/mol. The number of aryl methyl sites for hydroxylation is 1. The van der Waals surface area contributed by atoms with Crippen molar-refractivity contribution in [3.05, 3.63) is 24.0 Å². The summed E-state index contributed by atoms with van der Waals surface area (Å²) in [5.41, 5.74) is 4.23. The third kappa shape index (κ3) is 2.42. The maximum Gasteiger partial charge on any atom is 0.182 e. The molecule has 6 nitrogen and oxygen atoms in total. The van der Waals surface area contributed by atoms with Crippen LogP contribution >= 0.6 is 0 Å². The summed E-state index contributed by atoms with van der Waals surface area (Å²) in [6.07, 6.45) is 1.86. The molecule has 0 bridgehead atoms. The van der Waals surface area contributed by atoms with Crippen molar-refractivity contribution < 1.29 is 0 Å². The highest BCUT2D eigenvalue weighted by atomic mass is 15.3. The molecule has 0 saturated heterocycles. The van der Waals surface area contributed by atoms with Crippen molar-refractivity contribution in [1.29, 1.82) is 0 Å². The summed E-state index contributed by atoms with van der Waals surface area (Å²) < 4.78 is 1.72. The van der Waals surface area contributed by atoms with Gasteiger partial charge in [-0.05, 0) is 12.0 Å². The largest absolute Gasteiger partial charge is 0.308 e. The number of hydrogen-bond donors (Lipinski definition) is 2. The van der Waals surface area contributed by atoms with Crippen LogP contribution in [-0.4, -0.2) is 19.7 Å². The second kappa shape index (κ2) is 4.50. The molecule has 0 unspecified atom stereocenters. The minimum absolute atomic E-state index is 0.313. The number of nitrogen functional groups attached to an aromatic ring is 1. The lowest BCUT2D eigenvalue weighted by molar-refractivity contribution is 0.765. The zero-order valence-corrected chi connectivity index (χ0v) is 10.2. The first-order chi connectivity index (χ1) is 8.10. The molecule has 0 aliphatic heterocycles. The molecule has 0 amide bonds. The zero-order chi connectivity index (χ0) is 12.4. The second-order valence-electron chi connectivity index (χ2n) is 4.18. The van der Waals surface area contributed by atoms with E-state index >= 15 is 0 Å². The van der Waals surface area contributed by atoms with Gasteiger partial charge in [-0.25, -0.2) is 15.8 Å². The van der Waals surface area contributed by atoms with Crippen LogP contribution in [0.25, 0.3) is 11.5 Å². The average Bonchev–Trinajstić information content (AvgIpc) is 2.75. The molecule has 2 aromatic rings. The molecule has 0 aromatic carbocycles. The van der Waals surface area contributed by atoms with Crippen LogP contribution in [0.1, 0.15) is 25.5 Å². The Morgan fingerprint density at radius 1 is 1.35 bits per heavy atom. The van der Waals surface area contributed by atoms with Gasteiger partial charge in [-0.1, -0.05) is 13.8 Å². The van der Waals surface area contributed by atoms with Crippen LogP contribution in [0.3, 0.4) is 0 Å². The number of nitrogens with zero attached hydrogens (tertiary/aromatic N) is 4. The molecule has 6 heteroatoms. The van der Waals surface area contributed by atoms with Gasteiger partial charge in [-0.3, -0.25) is 4.68 Å². The maximum atomic E-state index is 5.41. The summed E-state index contributed by atoms with van der Waals surface area (Å²) in [6, 6.07) is 3.72. The fourth-order valence-corrected chi connectivity index (χ4v) is 1.48. The normalized spacial score (nSPS) is 10.9. The molecule has 17 heavy (non-hydrogen) atoms. The quantitative estimate of drug-likeness (QED) is 0.615. The zero-order valence-electron chi connectivity index (χ0n) is 10.2. The lowest BCUT2D eigenvalue weighted by atomic mass is 10.1. The number of rotatable bonds is 3. The topological polar surface area (TPSA) is 81.6 Å². The highest BCUT2D eigenvalue weighted by Crippen LogP contribution is 2.20. The molecule has 2 aromatic heterocycles. The molecule has 0 aliphatic rings. The Balaban J connectivity index is 2.49. The molecule has 0 aliphatic carbocycles. The molecule has 0 spiro atoms. The second-order valence-corrected chi connectivity index (χ2v) is 4.18. The first-order valence-electron chi connectivity index (χ1n) is 5.45. The molecule has 0 atom stereocenters. The molecule has 2 rings (SSSR count). The first-order valence-corrected chi connectivity index (χ1v) is 5.45. The molecular formula is C11H16N6. The molecule has 0 radical (unpaired) electrons. The molecule has 3 N–H and O–H groups in total. The van der Waals surface area contributed by atoms with Gasteiger partial charge in [0.25, 0.3) is 0 Å². The van der Waals surface area contributed by atoms with E-state index in [4.69, 9.17) is 5.84 Å². The average molecular weight is 232 g/mol. The smallest absolute Gasteiger partial charge is 0.182 e. The van der Waals surface area contributed by atoms with Gasteiger partial charge in [0, 0.05) is 25.0 Å². The van der Waals surface area contributed by atoms with E-state index in [1.807, 2.05) is 25.4 Å². The molecular weight excluding hydrogens is 216 g/mol. The van der Waals surface area contributed by atoms with Crippen LogP contribution in [0, 0.1) is 0 Å². The van der Waals surface area contributed by atoms with Crippen LogP contribution in [-0.2, 0) is 7.05 Å². The Kier molecular flexibility index (Phi) is 3.06. The fourth-order valence-electron chi connectivity index (χ4n) is 1.48. The third-order valence-corrected chi connectivity index (χ3v) is 2.43. The SMILES string of the molecule is CC(C)c1cc(NN)nc(-c2ccn(C)n2)n1. The lowest BCUT2D eigenvalue weighted by Gasteiger charge is -2.08. The standard InChI is InChI=1S/C11H16N6/c1-7(2)9-6-10(15-12)14-11(13-9)8-4-5-17(3)16-8/h4-7H,12H2,1-3H3,(H,13,14,15). The van der Waals surface area contributed by atoms with E-state index in [-0.39, 0.29) is 0 Å². The lowest BCUT2D eigenvalue weighted by Crippen LogP contribution is -2.11. The minimum atomic E-state index is 0.313. The van der Waals surface area contributed by atoms with Crippen LogP contribution in [0.2, 0.25) is 0 Å². The van der Waals surface area contributed by atoms with Crippen LogP contribution < -0.4 is 11.3 Å². The Hall–Kier alpha value is -1.95. The first kappa shape index (κ1) is 11.5. The van der Waals surface area contributed by atoms with Gasteiger partial charge in [-0.2, -0.15) is 5.10 Å². The monoisotopic (exact) mass is 232 g/mol. The van der Waals surface area contributed by atoms with Crippen molar-refractivity contribution in [2.75, 3.05) is 5.43 Å². The van der Waals surface area contributed by atoms with Gasteiger partial charge in [0.15, 0.2) is 5.82 Å². The number of anilines is 1. The van der Waals surface area contributed by atoms with Crippen LogP contribution in [0.15, 0.2) is 18.3 Å². The third-order valence-electron chi connectivity index (χ3n) is 2.43. The molecule has 2 heterocycles. The summed E-state index contributed by atoms with van der Waals surface area (Å²) in [5, 5.41) is 4.28. The minimum Gasteiger partial charge on any atom is -0.308 e. The number of hydrazine groups is 1. The van der Waals surface area contributed by atoms with Crippen LogP contribution in [0.5, 0.6) is 0 Å². The Bertz CT molecular complexity index is 516. The van der Waals surface area contributed by atoms with Gasteiger partial charge in [-0.15, -0.1) is 0 Å². The highest BCUT2D eigenvalue weighted by Gasteiger charge is 2.10. The maximum absolute atomic E-state index is 5.41. The van der Waals surface area contributed by atoms with E-state index in [1.54, 1.807) is 4.68 Å². The summed E-state index contributed by atoms with van der Waals surface area (Å²) in [7, 11) is 1.86. The van der Waals surface area contributed by atoms with Crippen molar-refractivity contribution in [2.24, 2.45) is 12.9 Å². The van der Waals surface area contributed by atoms with Gasteiger partial charge < -0.3 is 5.43 Å². The van der Waals surface area contributed by atoms with Crippen molar-refractivity contribution in [3.8, 4) is 11.5 Å². The number of nitrogens with two attached hydrogens (primary N) is 1. The van der Waals surface area contributed by atoms with E-state index in [1.165, 1.54) is 0 Å². The fraction of sp³-hybridized carbons (Fsp3) is 0.364. The summed E-state index contributed by atoms with van der Waals surface area (Å²) in [4.78, 5) is 8.78. The van der Waals surface area contributed by atoms with E-state index in [2.05, 4.69) is 34.3 Å². The van der Waals surface area contributed by atoms with Gasteiger partial charge in [0.2, 0.25) is 0 Å². The molecule has 0 saturated carbocycles. The number of hydrogen-bond acceptors (Lipinski definition) is 5. The van der Waals surface area contributed by atoms with E-state index in [0.717, 1.165) is 11.4 Å². The Labute approximate surface area is 99.9 Å². The van der Waals surface area contributed by atoms with Gasteiger partial charge in [0.1, 0.15) is 11.5 Å². The van der Waals surface area contributed by atoms with Gasteiger partial charge in [0.05, 0.1) is 0 Å². The van der Waals surface area contributed by atoms with Crippen LogP contribution in [0.4, 0.5) is 5.82 Å². The molecule has 90 valence electrons. The van der Waals surface area contributed by atoms with E-state index in [9.17, 15) is 0 Å². The predicted octanol–water partition coefficient (Wildman–Crippen LogP) is 1.29. The van der Waals surface area contributed by atoms with Crippen molar-refractivity contribution >= 4 is 5.82 Å². The van der Waals surface area contributed by atoms with Crippen molar-refractivity contribution in [3.63, 3.8) is 0 Å². The number of aromatic nitrogens is 4. The van der Waals surface area contributed by atoms with E-state index in [0.29, 0.717) is 17.6 Å². The molecule has 0 fully saturated rings. The van der Waals surface area contributed by atoms with Crippen molar-refractivity contribution in [2.45, 2.75) is 19.8 Å². The van der Waals surface area contributed by atoms with E-state index < -0.39 is 0 Å². The summed E-state index contributed by atoms with van der Waals surface area (Å²) >= 11 is 0.